The van der Waals surface area contributed by atoms with Crippen LogP contribution in [-0.2, 0) is 0 Å². The van der Waals surface area contributed by atoms with E-state index in [2.05, 4.69) is 5.32 Å². The predicted molar refractivity (Wildman–Crippen MR) is 76.1 cm³/mol. The standard InChI is InChI=1S/C16H14F2N2O/c1-10(16-12(17)4-3-5-15(16)21-2)20-14-7-6-11(9-19)8-13(14)18/h3-8,10,20H,1-2H3. The average Bonchev–Trinajstić information content (AvgIpc) is 2.48. The highest BCUT2D eigenvalue weighted by molar-refractivity contribution is 5.51. The highest BCUT2D eigenvalue weighted by Gasteiger charge is 2.17. The molecule has 1 unspecified atom stereocenters. The van der Waals surface area contributed by atoms with Gasteiger partial charge in [0, 0.05) is 0 Å². The smallest absolute Gasteiger partial charge is 0.147 e. The third-order valence-electron chi connectivity index (χ3n) is 3.14. The van der Waals surface area contributed by atoms with Crippen LogP contribution in [0.15, 0.2) is 36.4 Å². The summed E-state index contributed by atoms with van der Waals surface area (Å²) in [6, 6.07) is 9.97. The second-order valence-corrected chi connectivity index (χ2v) is 4.53. The van der Waals surface area contributed by atoms with Crippen LogP contribution in [0.25, 0.3) is 0 Å². The van der Waals surface area contributed by atoms with E-state index in [1.165, 1.54) is 25.3 Å². The van der Waals surface area contributed by atoms with Crippen LogP contribution in [0.4, 0.5) is 14.5 Å². The highest BCUT2D eigenvalue weighted by Crippen LogP contribution is 2.30. The molecule has 0 aliphatic rings. The van der Waals surface area contributed by atoms with Crippen molar-refractivity contribution >= 4 is 5.69 Å². The third-order valence-corrected chi connectivity index (χ3v) is 3.14. The van der Waals surface area contributed by atoms with Crippen LogP contribution >= 0.6 is 0 Å². The quantitative estimate of drug-likeness (QED) is 0.924. The van der Waals surface area contributed by atoms with Crippen LogP contribution in [-0.4, -0.2) is 7.11 Å². The Balaban J connectivity index is 2.31. The lowest BCUT2D eigenvalue weighted by Crippen LogP contribution is -2.11. The van der Waals surface area contributed by atoms with Gasteiger partial charge in [-0.05, 0) is 37.3 Å². The first-order valence-electron chi connectivity index (χ1n) is 6.35. The molecule has 0 fully saturated rings. The van der Waals surface area contributed by atoms with Gasteiger partial charge in [-0.2, -0.15) is 5.26 Å². The van der Waals surface area contributed by atoms with Crippen molar-refractivity contribution < 1.29 is 13.5 Å². The average molecular weight is 288 g/mol. The Bertz CT molecular complexity index is 695. The molecule has 2 rings (SSSR count). The van der Waals surface area contributed by atoms with Crippen molar-refractivity contribution in [2.24, 2.45) is 0 Å². The van der Waals surface area contributed by atoms with Gasteiger partial charge < -0.3 is 10.1 Å². The zero-order chi connectivity index (χ0) is 15.4. The minimum absolute atomic E-state index is 0.201. The summed E-state index contributed by atoms with van der Waals surface area (Å²) in [6.07, 6.45) is 0. The first kappa shape index (κ1) is 14.8. The molecule has 5 heteroatoms. The van der Waals surface area contributed by atoms with E-state index in [1.54, 1.807) is 19.1 Å². The van der Waals surface area contributed by atoms with E-state index in [4.69, 9.17) is 10.00 Å². The van der Waals surface area contributed by atoms with Crippen molar-refractivity contribution in [2.45, 2.75) is 13.0 Å². The number of anilines is 1. The van der Waals surface area contributed by atoms with Crippen molar-refractivity contribution in [3.8, 4) is 11.8 Å². The van der Waals surface area contributed by atoms with Gasteiger partial charge in [0.25, 0.3) is 0 Å². The Morgan fingerprint density at radius 1 is 1.19 bits per heavy atom. The number of benzene rings is 2. The van der Waals surface area contributed by atoms with Crippen molar-refractivity contribution in [3.63, 3.8) is 0 Å². The number of rotatable bonds is 4. The zero-order valence-corrected chi connectivity index (χ0v) is 11.7. The predicted octanol–water partition coefficient (Wildman–Crippen LogP) is 4.02. The summed E-state index contributed by atoms with van der Waals surface area (Å²) in [7, 11) is 1.45. The second-order valence-electron chi connectivity index (χ2n) is 4.53. The van der Waals surface area contributed by atoms with Crippen LogP contribution in [0.2, 0.25) is 0 Å². The Kier molecular flexibility index (Phi) is 4.39. The number of ether oxygens (including phenoxy) is 1. The van der Waals surface area contributed by atoms with E-state index in [-0.39, 0.29) is 11.3 Å². The van der Waals surface area contributed by atoms with E-state index in [1.807, 2.05) is 6.07 Å². The molecule has 108 valence electrons. The van der Waals surface area contributed by atoms with Gasteiger partial charge in [-0.3, -0.25) is 0 Å². The van der Waals surface area contributed by atoms with Crippen LogP contribution in [0.5, 0.6) is 5.75 Å². The number of nitrogens with zero attached hydrogens (tertiary/aromatic N) is 1. The number of methoxy groups -OCH3 is 1. The summed E-state index contributed by atoms with van der Waals surface area (Å²) in [5.41, 5.74) is 0.754. The molecule has 3 nitrogen and oxygen atoms in total. The van der Waals surface area contributed by atoms with Gasteiger partial charge in [-0.15, -0.1) is 0 Å². The lowest BCUT2D eigenvalue weighted by molar-refractivity contribution is 0.402. The minimum atomic E-state index is -0.559. The first-order chi connectivity index (χ1) is 10.1. The monoisotopic (exact) mass is 288 g/mol. The Labute approximate surface area is 121 Å². The SMILES string of the molecule is COc1cccc(F)c1C(C)Nc1ccc(C#N)cc1F. The molecule has 1 atom stereocenters. The molecule has 0 aliphatic heterocycles. The Hall–Kier alpha value is -2.61. The minimum Gasteiger partial charge on any atom is -0.496 e. The summed E-state index contributed by atoms with van der Waals surface area (Å²) >= 11 is 0. The van der Waals surface area contributed by atoms with E-state index in [9.17, 15) is 8.78 Å². The normalized spacial score (nSPS) is 11.6. The molecule has 0 bridgehead atoms. The van der Waals surface area contributed by atoms with Crippen molar-refractivity contribution in [1.29, 1.82) is 5.26 Å². The van der Waals surface area contributed by atoms with Gasteiger partial charge in [-0.1, -0.05) is 6.07 Å². The molecule has 0 spiro atoms. The van der Waals surface area contributed by atoms with Crippen molar-refractivity contribution in [2.75, 3.05) is 12.4 Å². The fourth-order valence-corrected chi connectivity index (χ4v) is 2.12. The molecule has 1 N–H and O–H groups in total. The van der Waals surface area contributed by atoms with E-state index < -0.39 is 17.7 Å². The van der Waals surface area contributed by atoms with E-state index in [0.717, 1.165) is 6.07 Å². The number of nitriles is 1. The number of hydrogen-bond donors (Lipinski definition) is 1. The molecule has 0 aromatic heterocycles. The Morgan fingerprint density at radius 3 is 2.57 bits per heavy atom. The topological polar surface area (TPSA) is 45.0 Å². The van der Waals surface area contributed by atoms with Gasteiger partial charge in [0.15, 0.2) is 0 Å². The molecule has 0 saturated carbocycles. The molecule has 0 saturated heterocycles. The van der Waals surface area contributed by atoms with Gasteiger partial charge in [0.2, 0.25) is 0 Å². The van der Waals surface area contributed by atoms with E-state index in [0.29, 0.717) is 11.3 Å². The lowest BCUT2D eigenvalue weighted by atomic mass is 10.1. The summed E-state index contributed by atoms with van der Waals surface area (Å²) in [5, 5.41) is 11.6. The highest BCUT2D eigenvalue weighted by atomic mass is 19.1. The maximum absolute atomic E-state index is 14.0. The van der Waals surface area contributed by atoms with Crippen LogP contribution in [0.1, 0.15) is 24.1 Å². The van der Waals surface area contributed by atoms with Gasteiger partial charge in [0.05, 0.1) is 36.0 Å². The molecule has 2 aromatic carbocycles. The van der Waals surface area contributed by atoms with Crippen LogP contribution < -0.4 is 10.1 Å². The molecule has 0 heterocycles. The lowest BCUT2D eigenvalue weighted by Gasteiger charge is -2.19. The molecule has 0 aliphatic carbocycles. The molecule has 2 aromatic rings. The van der Waals surface area contributed by atoms with Gasteiger partial charge in [-0.25, -0.2) is 8.78 Å². The number of hydrogen-bond acceptors (Lipinski definition) is 3. The maximum atomic E-state index is 14.0. The first-order valence-corrected chi connectivity index (χ1v) is 6.35. The van der Waals surface area contributed by atoms with Crippen LogP contribution in [0.3, 0.4) is 0 Å². The van der Waals surface area contributed by atoms with E-state index >= 15 is 0 Å². The van der Waals surface area contributed by atoms with Crippen molar-refractivity contribution in [3.05, 3.63) is 59.2 Å². The third kappa shape index (κ3) is 3.11. The number of halogens is 2. The van der Waals surface area contributed by atoms with Crippen molar-refractivity contribution in [1.82, 2.24) is 0 Å². The summed E-state index contributed by atoms with van der Waals surface area (Å²) in [4.78, 5) is 0. The maximum Gasteiger partial charge on any atom is 0.147 e. The number of nitrogens with one attached hydrogen (secondary N) is 1. The molecule has 21 heavy (non-hydrogen) atoms. The van der Waals surface area contributed by atoms with Crippen LogP contribution in [0, 0.1) is 23.0 Å². The molecule has 0 amide bonds. The fourth-order valence-electron chi connectivity index (χ4n) is 2.12. The van der Waals surface area contributed by atoms with Gasteiger partial charge in [0.1, 0.15) is 17.4 Å². The summed E-state index contributed by atoms with van der Waals surface area (Å²) in [5.74, 6) is -0.594. The largest absolute Gasteiger partial charge is 0.496 e. The second kappa shape index (κ2) is 6.23. The fraction of sp³-hybridized carbons (Fsp3) is 0.188. The summed E-state index contributed by atoms with van der Waals surface area (Å²) < 4.78 is 32.9. The molecular formula is C16H14F2N2O. The molecular weight excluding hydrogens is 274 g/mol. The molecule has 0 radical (unpaired) electrons. The Morgan fingerprint density at radius 2 is 1.95 bits per heavy atom. The van der Waals surface area contributed by atoms with Gasteiger partial charge >= 0.3 is 0 Å². The summed E-state index contributed by atoms with van der Waals surface area (Å²) in [6.45, 7) is 1.71. The zero-order valence-electron chi connectivity index (χ0n) is 11.7.